The summed E-state index contributed by atoms with van der Waals surface area (Å²) >= 11 is 0. The number of hydrogen-bond donors (Lipinski definition) is 0. The maximum Gasteiger partial charge on any atom is 0.258 e. The highest BCUT2D eigenvalue weighted by molar-refractivity contribution is 5.64. The highest BCUT2D eigenvalue weighted by atomic mass is 16.7. The van der Waals surface area contributed by atoms with E-state index in [9.17, 15) is 0 Å². The molecular formula is C27H33N3O5. The molecule has 1 saturated heterocycles. The van der Waals surface area contributed by atoms with Gasteiger partial charge in [-0.2, -0.15) is 4.98 Å². The summed E-state index contributed by atoms with van der Waals surface area (Å²) in [4.78, 5) is 9.32. The highest BCUT2D eigenvalue weighted by Crippen LogP contribution is 2.38. The third kappa shape index (κ3) is 5.04. The van der Waals surface area contributed by atoms with Crippen molar-refractivity contribution in [3.63, 3.8) is 0 Å². The SMILES string of the molecule is CCc1cc(-c2noc(-c3cc(OC)nc(C4CCC4)c3)n2)cc(C)c1OC[C@@H]1COC(C)(C)O1. The van der Waals surface area contributed by atoms with Crippen molar-refractivity contribution in [1.29, 1.82) is 0 Å². The van der Waals surface area contributed by atoms with Gasteiger partial charge in [0.1, 0.15) is 18.5 Å². The monoisotopic (exact) mass is 479 g/mol. The van der Waals surface area contributed by atoms with Gasteiger partial charge in [0.15, 0.2) is 5.79 Å². The summed E-state index contributed by atoms with van der Waals surface area (Å²) in [6.45, 7) is 8.94. The lowest BCUT2D eigenvalue weighted by atomic mass is 9.82. The molecule has 8 heteroatoms. The van der Waals surface area contributed by atoms with Gasteiger partial charge in [-0.25, -0.2) is 4.98 Å². The van der Waals surface area contributed by atoms with Gasteiger partial charge in [-0.15, -0.1) is 0 Å². The number of pyridine rings is 1. The predicted molar refractivity (Wildman–Crippen MR) is 131 cm³/mol. The van der Waals surface area contributed by atoms with Crippen LogP contribution in [0.1, 0.15) is 62.8 Å². The number of hydrogen-bond acceptors (Lipinski definition) is 8. The van der Waals surface area contributed by atoms with E-state index in [1.165, 1.54) is 6.42 Å². The van der Waals surface area contributed by atoms with Crippen molar-refractivity contribution in [3.8, 4) is 34.5 Å². The van der Waals surface area contributed by atoms with Crippen LogP contribution in [-0.2, 0) is 15.9 Å². The predicted octanol–water partition coefficient (Wildman–Crippen LogP) is 5.48. The average Bonchev–Trinajstić information content (AvgIpc) is 3.43. The molecule has 5 rings (SSSR count). The first-order valence-corrected chi connectivity index (χ1v) is 12.3. The number of aromatic nitrogens is 3. The maximum atomic E-state index is 6.19. The Morgan fingerprint density at radius 2 is 1.91 bits per heavy atom. The Morgan fingerprint density at radius 1 is 1.09 bits per heavy atom. The third-order valence-corrected chi connectivity index (χ3v) is 6.70. The molecular weight excluding hydrogens is 446 g/mol. The van der Waals surface area contributed by atoms with Gasteiger partial charge in [0.2, 0.25) is 11.7 Å². The molecule has 1 aromatic carbocycles. The Hall–Kier alpha value is -2.97. The Balaban J connectivity index is 1.38. The zero-order chi connectivity index (χ0) is 24.6. The topological polar surface area (TPSA) is 88.7 Å². The zero-order valence-electron chi connectivity index (χ0n) is 21.1. The fourth-order valence-corrected chi connectivity index (χ4v) is 4.59. The van der Waals surface area contributed by atoms with E-state index in [4.69, 9.17) is 28.5 Å². The largest absolute Gasteiger partial charge is 0.490 e. The van der Waals surface area contributed by atoms with Crippen LogP contribution in [0.3, 0.4) is 0 Å². The van der Waals surface area contributed by atoms with E-state index in [-0.39, 0.29) is 6.10 Å². The molecule has 2 aromatic heterocycles. The molecule has 2 aliphatic rings. The van der Waals surface area contributed by atoms with E-state index in [0.717, 1.165) is 53.0 Å². The summed E-state index contributed by atoms with van der Waals surface area (Å²) in [5.74, 6) is 2.35. The highest BCUT2D eigenvalue weighted by Gasteiger charge is 2.33. The number of methoxy groups -OCH3 is 1. The molecule has 2 fully saturated rings. The molecule has 1 aliphatic heterocycles. The van der Waals surface area contributed by atoms with E-state index in [1.807, 2.05) is 39.0 Å². The molecule has 3 heterocycles. The van der Waals surface area contributed by atoms with Gasteiger partial charge in [0.05, 0.1) is 13.7 Å². The Morgan fingerprint density at radius 3 is 2.57 bits per heavy atom. The minimum absolute atomic E-state index is 0.0873. The molecule has 0 bridgehead atoms. The van der Waals surface area contributed by atoms with Crippen LogP contribution in [-0.4, -0.2) is 47.3 Å². The van der Waals surface area contributed by atoms with Gasteiger partial charge in [-0.3, -0.25) is 0 Å². The second kappa shape index (κ2) is 9.59. The molecule has 0 unspecified atom stereocenters. The number of nitrogens with zero attached hydrogens (tertiary/aromatic N) is 3. The molecule has 8 nitrogen and oxygen atoms in total. The van der Waals surface area contributed by atoms with Crippen LogP contribution >= 0.6 is 0 Å². The van der Waals surface area contributed by atoms with Gasteiger partial charge < -0.3 is 23.5 Å². The van der Waals surface area contributed by atoms with Crippen LogP contribution in [0.4, 0.5) is 0 Å². The number of aryl methyl sites for hydroxylation is 2. The summed E-state index contributed by atoms with van der Waals surface area (Å²) in [5.41, 5.74) is 4.84. The fraction of sp³-hybridized carbons (Fsp3) is 0.519. The van der Waals surface area contributed by atoms with E-state index in [0.29, 0.717) is 36.7 Å². The average molecular weight is 480 g/mol. The lowest BCUT2D eigenvalue weighted by Gasteiger charge is -2.25. The van der Waals surface area contributed by atoms with E-state index in [1.54, 1.807) is 7.11 Å². The molecule has 35 heavy (non-hydrogen) atoms. The van der Waals surface area contributed by atoms with E-state index < -0.39 is 5.79 Å². The number of ether oxygens (including phenoxy) is 4. The standard InChI is InChI=1S/C27H33N3O5/c1-6-17-11-19(10-16(2)24(17)32-14-21-15-33-27(3,4)34-21)25-29-26(35-30-25)20-12-22(18-8-7-9-18)28-23(13-20)31-5/h10-13,18,21H,6-9,14-15H2,1-5H3/t21-/m1/s1. The van der Waals surface area contributed by atoms with Crippen molar-refractivity contribution in [2.45, 2.75) is 71.2 Å². The quantitative estimate of drug-likeness (QED) is 0.420. The van der Waals surface area contributed by atoms with Crippen molar-refractivity contribution < 1.29 is 23.5 Å². The summed E-state index contributed by atoms with van der Waals surface area (Å²) in [7, 11) is 1.63. The first-order chi connectivity index (χ1) is 16.8. The maximum absolute atomic E-state index is 6.19. The van der Waals surface area contributed by atoms with Crippen molar-refractivity contribution in [2.75, 3.05) is 20.3 Å². The summed E-state index contributed by atoms with van der Waals surface area (Å²) < 4.78 is 28.8. The molecule has 1 aliphatic carbocycles. The third-order valence-electron chi connectivity index (χ3n) is 6.70. The minimum atomic E-state index is -0.561. The Kier molecular flexibility index (Phi) is 6.51. The zero-order valence-corrected chi connectivity index (χ0v) is 21.1. The van der Waals surface area contributed by atoms with Crippen LogP contribution < -0.4 is 9.47 Å². The molecule has 3 aromatic rings. The Bertz CT molecular complexity index is 1200. The van der Waals surface area contributed by atoms with Gasteiger partial charge in [-0.1, -0.05) is 18.5 Å². The molecule has 1 saturated carbocycles. The normalized spacial score (nSPS) is 19.5. The smallest absolute Gasteiger partial charge is 0.258 e. The van der Waals surface area contributed by atoms with Gasteiger partial charge in [0, 0.05) is 28.8 Å². The molecule has 0 N–H and O–H groups in total. The van der Waals surface area contributed by atoms with Crippen molar-refractivity contribution in [1.82, 2.24) is 15.1 Å². The van der Waals surface area contributed by atoms with Crippen LogP contribution in [0.2, 0.25) is 0 Å². The number of benzene rings is 1. The minimum Gasteiger partial charge on any atom is -0.490 e. The molecule has 0 amide bonds. The lowest BCUT2D eigenvalue weighted by molar-refractivity contribution is -0.141. The Labute approximate surface area is 206 Å². The van der Waals surface area contributed by atoms with Crippen molar-refractivity contribution >= 4 is 0 Å². The second-order valence-electron chi connectivity index (χ2n) is 9.77. The first-order valence-electron chi connectivity index (χ1n) is 12.3. The fourth-order valence-electron chi connectivity index (χ4n) is 4.59. The molecule has 0 spiro atoms. The van der Waals surface area contributed by atoms with Crippen LogP contribution in [0.15, 0.2) is 28.8 Å². The summed E-state index contributed by atoms with van der Waals surface area (Å²) in [6.07, 6.45) is 4.27. The van der Waals surface area contributed by atoms with E-state index >= 15 is 0 Å². The molecule has 1 atom stereocenters. The van der Waals surface area contributed by atoms with E-state index in [2.05, 4.69) is 23.1 Å². The van der Waals surface area contributed by atoms with Gasteiger partial charge in [0.25, 0.3) is 5.89 Å². The first kappa shape index (κ1) is 23.8. The van der Waals surface area contributed by atoms with Crippen molar-refractivity contribution in [3.05, 3.63) is 41.1 Å². The van der Waals surface area contributed by atoms with Crippen LogP contribution in [0.5, 0.6) is 11.6 Å². The van der Waals surface area contributed by atoms with Gasteiger partial charge >= 0.3 is 0 Å². The molecule has 0 radical (unpaired) electrons. The summed E-state index contributed by atoms with van der Waals surface area (Å²) in [6, 6.07) is 7.99. The molecule has 186 valence electrons. The van der Waals surface area contributed by atoms with Crippen LogP contribution in [0, 0.1) is 6.92 Å². The lowest BCUT2D eigenvalue weighted by Crippen LogP contribution is -2.25. The van der Waals surface area contributed by atoms with Crippen molar-refractivity contribution in [2.24, 2.45) is 0 Å². The second-order valence-corrected chi connectivity index (χ2v) is 9.77. The summed E-state index contributed by atoms with van der Waals surface area (Å²) in [5, 5.41) is 4.27. The van der Waals surface area contributed by atoms with Crippen LogP contribution in [0.25, 0.3) is 22.8 Å². The number of rotatable bonds is 8. The van der Waals surface area contributed by atoms with Gasteiger partial charge in [-0.05, 0) is 69.4 Å².